The number of methoxy groups -OCH3 is 1. The second-order valence-corrected chi connectivity index (χ2v) is 6.40. The molecule has 9 nitrogen and oxygen atoms in total. The summed E-state index contributed by atoms with van der Waals surface area (Å²) in [6.07, 6.45) is 1.40. The molecule has 0 aliphatic rings. The SMILES string of the molecule is COCCn1cnc2oc(C)c(C(=O)NCc3c(C)nn(C)c3C)c2c1=O. The summed E-state index contributed by atoms with van der Waals surface area (Å²) >= 11 is 0. The maximum Gasteiger partial charge on any atom is 0.265 e. The minimum absolute atomic E-state index is 0.157. The molecule has 0 saturated carbocycles. The summed E-state index contributed by atoms with van der Waals surface area (Å²) in [5.74, 6) is -0.0199. The van der Waals surface area contributed by atoms with Gasteiger partial charge in [-0.3, -0.25) is 18.8 Å². The van der Waals surface area contributed by atoms with Crippen LogP contribution in [0.2, 0.25) is 0 Å². The normalized spacial score (nSPS) is 11.3. The van der Waals surface area contributed by atoms with Crippen molar-refractivity contribution in [2.24, 2.45) is 7.05 Å². The highest BCUT2D eigenvalue weighted by Gasteiger charge is 2.23. The number of amides is 1. The molecular weight excluding hydrogens is 350 g/mol. The molecule has 144 valence electrons. The Morgan fingerprint density at radius 2 is 2.07 bits per heavy atom. The van der Waals surface area contributed by atoms with Crippen LogP contribution in [0.4, 0.5) is 0 Å². The molecule has 0 bridgehead atoms. The molecule has 0 atom stereocenters. The fourth-order valence-electron chi connectivity index (χ4n) is 3.09. The van der Waals surface area contributed by atoms with E-state index in [1.807, 2.05) is 20.9 Å². The van der Waals surface area contributed by atoms with E-state index in [-0.39, 0.29) is 28.1 Å². The summed E-state index contributed by atoms with van der Waals surface area (Å²) in [6, 6.07) is 0. The zero-order chi connectivity index (χ0) is 19.7. The van der Waals surface area contributed by atoms with Crippen molar-refractivity contribution in [2.45, 2.75) is 33.9 Å². The van der Waals surface area contributed by atoms with Gasteiger partial charge >= 0.3 is 0 Å². The highest BCUT2D eigenvalue weighted by atomic mass is 16.5. The molecule has 27 heavy (non-hydrogen) atoms. The van der Waals surface area contributed by atoms with Crippen molar-refractivity contribution >= 4 is 17.0 Å². The molecule has 1 N–H and O–H groups in total. The second kappa shape index (κ2) is 7.36. The predicted molar refractivity (Wildman–Crippen MR) is 98.7 cm³/mol. The Balaban J connectivity index is 1.94. The maximum absolute atomic E-state index is 12.8. The van der Waals surface area contributed by atoms with Gasteiger partial charge in [-0.2, -0.15) is 5.10 Å². The first-order valence-electron chi connectivity index (χ1n) is 8.59. The first kappa shape index (κ1) is 18.8. The molecule has 0 unspecified atom stereocenters. The highest BCUT2D eigenvalue weighted by molar-refractivity contribution is 6.06. The molecule has 0 aromatic carbocycles. The van der Waals surface area contributed by atoms with Gasteiger partial charge in [0.15, 0.2) is 0 Å². The van der Waals surface area contributed by atoms with Gasteiger partial charge in [0.25, 0.3) is 11.5 Å². The van der Waals surface area contributed by atoms with Gasteiger partial charge in [-0.15, -0.1) is 0 Å². The third-order valence-corrected chi connectivity index (χ3v) is 4.70. The number of furan rings is 1. The third-order valence-electron chi connectivity index (χ3n) is 4.70. The molecule has 0 fully saturated rings. The number of fused-ring (bicyclic) bond motifs is 1. The van der Waals surface area contributed by atoms with Crippen LogP contribution in [-0.4, -0.2) is 39.0 Å². The van der Waals surface area contributed by atoms with Crippen LogP contribution in [-0.2, 0) is 24.9 Å². The van der Waals surface area contributed by atoms with Gasteiger partial charge in [-0.25, -0.2) is 4.98 Å². The topological polar surface area (TPSA) is 104 Å². The van der Waals surface area contributed by atoms with Crippen LogP contribution in [0.15, 0.2) is 15.5 Å². The molecule has 0 aliphatic heterocycles. The molecule has 0 spiro atoms. The molecule has 0 radical (unpaired) electrons. The fraction of sp³-hybridized carbons (Fsp3) is 0.444. The van der Waals surface area contributed by atoms with E-state index in [4.69, 9.17) is 9.15 Å². The summed E-state index contributed by atoms with van der Waals surface area (Å²) in [7, 11) is 3.41. The van der Waals surface area contributed by atoms with Crippen molar-refractivity contribution in [1.82, 2.24) is 24.6 Å². The average Bonchev–Trinajstić information content (AvgIpc) is 3.09. The van der Waals surface area contributed by atoms with Crippen molar-refractivity contribution in [3.63, 3.8) is 0 Å². The Bertz CT molecular complexity index is 1060. The van der Waals surface area contributed by atoms with Crippen LogP contribution < -0.4 is 10.9 Å². The van der Waals surface area contributed by atoms with Crippen molar-refractivity contribution in [3.05, 3.63) is 45.0 Å². The molecule has 9 heteroatoms. The van der Waals surface area contributed by atoms with Crippen LogP contribution in [0.3, 0.4) is 0 Å². The maximum atomic E-state index is 12.8. The Hall–Kier alpha value is -2.94. The van der Waals surface area contributed by atoms with E-state index in [1.54, 1.807) is 18.7 Å². The van der Waals surface area contributed by atoms with Crippen LogP contribution >= 0.6 is 0 Å². The monoisotopic (exact) mass is 373 g/mol. The Morgan fingerprint density at radius 1 is 1.33 bits per heavy atom. The summed E-state index contributed by atoms with van der Waals surface area (Å²) in [5, 5.41) is 7.39. The van der Waals surface area contributed by atoms with Gasteiger partial charge in [-0.05, 0) is 20.8 Å². The molecule has 3 heterocycles. The molecule has 1 amide bonds. The first-order valence-corrected chi connectivity index (χ1v) is 8.59. The number of nitrogens with one attached hydrogen (secondary N) is 1. The van der Waals surface area contributed by atoms with Crippen LogP contribution in [0.1, 0.15) is 33.1 Å². The number of hydrogen-bond donors (Lipinski definition) is 1. The first-order chi connectivity index (χ1) is 12.8. The Labute approximate surface area is 155 Å². The number of aryl methyl sites for hydroxylation is 3. The van der Waals surface area contributed by atoms with Gasteiger partial charge < -0.3 is 14.5 Å². The molecule has 3 aromatic heterocycles. The van der Waals surface area contributed by atoms with E-state index in [9.17, 15) is 9.59 Å². The second-order valence-electron chi connectivity index (χ2n) is 6.40. The fourth-order valence-corrected chi connectivity index (χ4v) is 3.09. The third kappa shape index (κ3) is 3.37. The lowest BCUT2D eigenvalue weighted by molar-refractivity contribution is 0.0950. The van der Waals surface area contributed by atoms with Crippen molar-refractivity contribution in [3.8, 4) is 0 Å². The standard InChI is InChI=1S/C18H23N5O4/c1-10-13(11(2)22(4)21-10)8-19-16(24)14-12(3)27-17-15(14)18(25)23(9-20-17)6-7-26-5/h9H,6-8H2,1-5H3,(H,19,24). The van der Waals surface area contributed by atoms with Crippen molar-refractivity contribution in [1.29, 1.82) is 0 Å². The van der Waals surface area contributed by atoms with Crippen LogP contribution in [0.25, 0.3) is 11.1 Å². The van der Waals surface area contributed by atoms with E-state index in [2.05, 4.69) is 15.4 Å². The zero-order valence-electron chi connectivity index (χ0n) is 16.1. The number of rotatable bonds is 6. The quantitative estimate of drug-likeness (QED) is 0.697. The molecule has 0 saturated heterocycles. The number of nitrogens with zero attached hydrogens (tertiary/aromatic N) is 4. The summed E-state index contributed by atoms with van der Waals surface area (Å²) in [6.45, 7) is 6.51. The van der Waals surface area contributed by atoms with Gasteiger partial charge in [0, 0.05) is 32.0 Å². The highest BCUT2D eigenvalue weighted by Crippen LogP contribution is 2.21. The zero-order valence-corrected chi connectivity index (χ0v) is 16.1. The van der Waals surface area contributed by atoms with E-state index in [0.29, 0.717) is 25.5 Å². The van der Waals surface area contributed by atoms with Gasteiger partial charge in [-0.1, -0.05) is 0 Å². The van der Waals surface area contributed by atoms with Crippen LogP contribution in [0.5, 0.6) is 0 Å². The Morgan fingerprint density at radius 3 is 2.70 bits per heavy atom. The minimum Gasteiger partial charge on any atom is -0.442 e. The smallest absolute Gasteiger partial charge is 0.265 e. The van der Waals surface area contributed by atoms with E-state index in [0.717, 1.165) is 17.0 Å². The lowest BCUT2D eigenvalue weighted by Crippen LogP contribution is -2.27. The minimum atomic E-state index is -0.378. The van der Waals surface area contributed by atoms with E-state index >= 15 is 0 Å². The van der Waals surface area contributed by atoms with E-state index in [1.165, 1.54) is 10.9 Å². The molecule has 3 rings (SSSR count). The van der Waals surface area contributed by atoms with Gasteiger partial charge in [0.05, 0.1) is 24.4 Å². The summed E-state index contributed by atoms with van der Waals surface area (Å²) in [4.78, 5) is 29.8. The average molecular weight is 373 g/mol. The molecule has 0 aliphatic carbocycles. The summed E-state index contributed by atoms with van der Waals surface area (Å²) < 4.78 is 13.7. The number of ether oxygens (including phenoxy) is 1. The number of aromatic nitrogens is 4. The lowest BCUT2D eigenvalue weighted by atomic mass is 10.1. The molecular formula is C18H23N5O4. The molecule has 3 aromatic rings. The van der Waals surface area contributed by atoms with E-state index < -0.39 is 0 Å². The summed E-state index contributed by atoms with van der Waals surface area (Å²) in [5.41, 5.74) is 2.83. The van der Waals surface area contributed by atoms with Gasteiger partial charge in [0.1, 0.15) is 17.5 Å². The number of hydrogen-bond acceptors (Lipinski definition) is 6. The number of carbonyl (C=O) groups excluding carboxylic acids is 1. The lowest BCUT2D eigenvalue weighted by Gasteiger charge is -2.07. The largest absolute Gasteiger partial charge is 0.442 e. The van der Waals surface area contributed by atoms with Crippen molar-refractivity contribution in [2.75, 3.05) is 13.7 Å². The number of carbonyl (C=O) groups is 1. The Kier molecular flexibility index (Phi) is 5.13. The van der Waals surface area contributed by atoms with Gasteiger partial charge in [0.2, 0.25) is 5.71 Å². The van der Waals surface area contributed by atoms with Crippen LogP contribution in [0, 0.1) is 20.8 Å². The van der Waals surface area contributed by atoms with Crippen molar-refractivity contribution < 1.29 is 13.9 Å². The predicted octanol–water partition coefficient (Wildman–Crippen LogP) is 1.22.